The molecule has 0 aliphatic heterocycles. The molecular formula is C18H13F3N2O5. The molecule has 0 atom stereocenters. The molecule has 0 bridgehead atoms. The SMILES string of the molecule is O=C(COC(=O)/C=C/c1cccc([N+](=O)[O-])c1)Nc1cccc(C(F)(F)F)c1. The van der Waals surface area contributed by atoms with Crippen molar-refractivity contribution in [1.82, 2.24) is 0 Å². The molecule has 1 amide bonds. The molecule has 0 radical (unpaired) electrons. The predicted molar refractivity (Wildman–Crippen MR) is 93.2 cm³/mol. The molecule has 7 nitrogen and oxygen atoms in total. The summed E-state index contributed by atoms with van der Waals surface area (Å²) in [6.45, 7) is -0.714. The number of nitrogens with zero attached hydrogens (tertiary/aromatic N) is 1. The van der Waals surface area contributed by atoms with Crippen LogP contribution >= 0.6 is 0 Å². The lowest BCUT2D eigenvalue weighted by Crippen LogP contribution is -2.20. The number of benzene rings is 2. The van der Waals surface area contributed by atoms with Gasteiger partial charge in [0.15, 0.2) is 6.61 Å². The summed E-state index contributed by atoms with van der Waals surface area (Å²) in [6.07, 6.45) is -2.32. The molecule has 0 saturated carbocycles. The van der Waals surface area contributed by atoms with Gasteiger partial charge in [-0.1, -0.05) is 18.2 Å². The molecule has 0 heterocycles. The second-order valence-corrected chi connectivity index (χ2v) is 5.42. The molecule has 2 aromatic carbocycles. The van der Waals surface area contributed by atoms with E-state index in [1.807, 2.05) is 0 Å². The van der Waals surface area contributed by atoms with Crippen LogP contribution in [0.3, 0.4) is 0 Å². The minimum Gasteiger partial charge on any atom is -0.452 e. The Bertz CT molecular complexity index is 925. The molecule has 2 aromatic rings. The third kappa shape index (κ3) is 6.24. The zero-order valence-corrected chi connectivity index (χ0v) is 14.1. The lowest BCUT2D eigenvalue weighted by Gasteiger charge is -2.09. The first-order chi connectivity index (χ1) is 13.1. The smallest absolute Gasteiger partial charge is 0.416 e. The molecular weight excluding hydrogens is 381 g/mol. The van der Waals surface area contributed by atoms with Crippen molar-refractivity contribution in [1.29, 1.82) is 0 Å². The van der Waals surface area contributed by atoms with E-state index in [1.165, 1.54) is 36.4 Å². The van der Waals surface area contributed by atoms with Gasteiger partial charge in [-0.05, 0) is 29.8 Å². The third-order valence-electron chi connectivity index (χ3n) is 3.31. The van der Waals surface area contributed by atoms with Crippen molar-refractivity contribution >= 4 is 29.3 Å². The first-order valence-corrected chi connectivity index (χ1v) is 7.71. The van der Waals surface area contributed by atoms with Gasteiger partial charge in [0.05, 0.1) is 10.5 Å². The van der Waals surface area contributed by atoms with Crippen LogP contribution in [0.25, 0.3) is 6.08 Å². The molecule has 0 spiro atoms. The first kappa shape index (κ1) is 20.6. The van der Waals surface area contributed by atoms with E-state index in [-0.39, 0.29) is 11.4 Å². The number of esters is 1. The van der Waals surface area contributed by atoms with Crippen LogP contribution in [0.2, 0.25) is 0 Å². The zero-order valence-electron chi connectivity index (χ0n) is 14.1. The lowest BCUT2D eigenvalue weighted by atomic mass is 10.2. The summed E-state index contributed by atoms with van der Waals surface area (Å²) < 4.78 is 42.6. The summed E-state index contributed by atoms with van der Waals surface area (Å²) in [5, 5.41) is 12.9. The maximum absolute atomic E-state index is 12.6. The number of nitro groups is 1. The Morgan fingerprint density at radius 3 is 2.54 bits per heavy atom. The van der Waals surface area contributed by atoms with Crippen molar-refractivity contribution in [3.8, 4) is 0 Å². The Hall–Kier alpha value is -3.69. The highest BCUT2D eigenvalue weighted by Gasteiger charge is 2.30. The number of amides is 1. The van der Waals surface area contributed by atoms with E-state index in [1.54, 1.807) is 0 Å². The summed E-state index contributed by atoms with van der Waals surface area (Å²) in [5.41, 5.74) is -0.805. The minimum absolute atomic E-state index is 0.0944. The molecule has 28 heavy (non-hydrogen) atoms. The lowest BCUT2D eigenvalue weighted by molar-refractivity contribution is -0.384. The van der Waals surface area contributed by atoms with Crippen molar-refractivity contribution < 1.29 is 32.4 Å². The van der Waals surface area contributed by atoms with Gasteiger partial charge < -0.3 is 10.1 Å². The Kier molecular flexibility index (Phi) is 6.48. The van der Waals surface area contributed by atoms with Gasteiger partial charge in [-0.3, -0.25) is 14.9 Å². The Balaban J connectivity index is 1.88. The fourth-order valence-electron chi connectivity index (χ4n) is 2.06. The molecule has 0 aliphatic rings. The van der Waals surface area contributed by atoms with Gasteiger partial charge in [0, 0.05) is 23.9 Å². The van der Waals surface area contributed by atoms with Crippen molar-refractivity contribution in [3.63, 3.8) is 0 Å². The number of rotatable bonds is 6. The molecule has 146 valence electrons. The number of carbonyl (C=O) groups excluding carboxylic acids is 2. The molecule has 1 N–H and O–H groups in total. The molecule has 2 rings (SSSR count). The number of non-ortho nitro benzene ring substituents is 1. The van der Waals surface area contributed by atoms with Crippen molar-refractivity contribution in [2.24, 2.45) is 0 Å². The maximum Gasteiger partial charge on any atom is 0.416 e. The fourth-order valence-corrected chi connectivity index (χ4v) is 2.06. The quantitative estimate of drug-likeness (QED) is 0.348. The van der Waals surface area contributed by atoms with E-state index in [4.69, 9.17) is 0 Å². The summed E-state index contributed by atoms with van der Waals surface area (Å²) in [7, 11) is 0. The maximum atomic E-state index is 12.6. The number of nitrogens with one attached hydrogen (secondary N) is 1. The van der Waals surface area contributed by atoms with Crippen molar-refractivity contribution in [3.05, 3.63) is 75.8 Å². The third-order valence-corrected chi connectivity index (χ3v) is 3.31. The minimum atomic E-state index is -4.55. The summed E-state index contributed by atoms with van der Waals surface area (Å²) in [4.78, 5) is 33.4. The van der Waals surface area contributed by atoms with Gasteiger partial charge in [0.2, 0.25) is 0 Å². The van der Waals surface area contributed by atoms with Crippen LogP contribution in [0, 0.1) is 10.1 Å². The second-order valence-electron chi connectivity index (χ2n) is 5.42. The topological polar surface area (TPSA) is 98.5 Å². The van der Waals surface area contributed by atoms with Crippen LogP contribution in [0.4, 0.5) is 24.5 Å². The number of nitro benzene ring substituents is 1. The standard InChI is InChI=1S/C18H13F3N2O5/c19-18(20,21)13-4-2-5-14(10-13)22-16(24)11-28-17(25)8-7-12-3-1-6-15(9-12)23(26)27/h1-10H,11H2,(H,22,24)/b8-7+. The van der Waals surface area contributed by atoms with Gasteiger partial charge in [0.1, 0.15) is 0 Å². The molecule has 10 heteroatoms. The normalized spacial score (nSPS) is 11.2. The van der Waals surface area contributed by atoms with E-state index in [0.717, 1.165) is 24.3 Å². The van der Waals surface area contributed by atoms with Crippen LogP contribution in [-0.4, -0.2) is 23.4 Å². The Morgan fingerprint density at radius 1 is 1.14 bits per heavy atom. The van der Waals surface area contributed by atoms with E-state index in [9.17, 15) is 32.9 Å². The van der Waals surface area contributed by atoms with Gasteiger partial charge in [-0.25, -0.2) is 4.79 Å². The number of halogens is 3. The number of ether oxygens (including phenoxy) is 1. The van der Waals surface area contributed by atoms with Crippen molar-refractivity contribution in [2.45, 2.75) is 6.18 Å². The highest BCUT2D eigenvalue weighted by atomic mass is 19.4. The van der Waals surface area contributed by atoms with Crippen LogP contribution < -0.4 is 5.32 Å². The van der Waals surface area contributed by atoms with Gasteiger partial charge >= 0.3 is 12.1 Å². The van der Waals surface area contributed by atoms with Gasteiger partial charge in [0.25, 0.3) is 11.6 Å². The first-order valence-electron chi connectivity index (χ1n) is 7.71. The van der Waals surface area contributed by atoms with E-state index >= 15 is 0 Å². The average Bonchev–Trinajstić information content (AvgIpc) is 2.64. The molecule has 0 fully saturated rings. The van der Waals surface area contributed by atoms with Gasteiger partial charge in [-0.15, -0.1) is 0 Å². The van der Waals surface area contributed by atoms with E-state index in [2.05, 4.69) is 10.1 Å². The summed E-state index contributed by atoms with van der Waals surface area (Å²) in [5.74, 6) is -1.72. The largest absolute Gasteiger partial charge is 0.452 e. The predicted octanol–water partition coefficient (Wildman–Crippen LogP) is 3.81. The summed E-state index contributed by atoms with van der Waals surface area (Å²) in [6, 6.07) is 9.49. The van der Waals surface area contributed by atoms with Crippen LogP contribution in [0.15, 0.2) is 54.6 Å². The summed E-state index contributed by atoms with van der Waals surface area (Å²) >= 11 is 0. The monoisotopic (exact) mass is 394 g/mol. The second kappa shape index (κ2) is 8.80. The van der Waals surface area contributed by atoms with Crippen LogP contribution in [0.5, 0.6) is 0 Å². The Morgan fingerprint density at radius 2 is 1.86 bits per heavy atom. The highest BCUT2D eigenvalue weighted by Crippen LogP contribution is 2.30. The van der Waals surface area contributed by atoms with E-state index in [0.29, 0.717) is 5.56 Å². The van der Waals surface area contributed by atoms with Gasteiger partial charge in [-0.2, -0.15) is 13.2 Å². The number of carbonyl (C=O) groups is 2. The molecule has 0 aliphatic carbocycles. The van der Waals surface area contributed by atoms with Crippen LogP contribution in [0.1, 0.15) is 11.1 Å². The van der Waals surface area contributed by atoms with E-state index < -0.39 is 35.1 Å². The number of hydrogen-bond donors (Lipinski definition) is 1. The zero-order chi connectivity index (χ0) is 20.7. The highest BCUT2D eigenvalue weighted by molar-refractivity contribution is 5.94. The van der Waals surface area contributed by atoms with Crippen molar-refractivity contribution in [2.75, 3.05) is 11.9 Å². The van der Waals surface area contributed by atoms with Crippen LogP contribution in [-0.2, 0) is 20.5 Å². The molecule has 0 unspecified atom stereocenters. The number of anilines is 1. The number of hydrogen-bond acceptors (Lipinski definition) is 5. The molecule has 0 aromatic heterocycles. The average molecular weight is 394 g/mol. The fraction of sp³-hybridized carbons (Fsp3) is 0.111. The molecule has 0 saturated heterocycles. The number of alkyl halides is 3. The Labute approximate surface area is 156 Å².